The summed E-state index contributed by atoms with van der Waals surface area (Å²) in [5.41, 5.74) is 3.03. The van der Waals surface area contributed by atoms with Gasteiger partial charge in [-0.2, -0.15) is 0 Å². The van der Waals surface area contributed by atoms with Crippen LogP contribution < -0.4 is 9.47 Å². The molecule has 4 aromatic rings. The number of nitrogens with zero attached hydrogens (tertiary/aromatic N) is 1. The minimum atomic E-state index is -0.280. The number of furan rings is 1. The molecule has 1 heterocycles. The van der Waals surface area contributed by atoms with Crippen LogP contribution in [0.1, 0.15) is 53.4 Å². The van der Waals surface area contributed by atoms with Crippen LogP contribution in [-0.4, -0.2) is 30.6 Å². The Hall–Kier alpha value is -4.06. The molecule has 0 spiro atoms. The lowest BCUT2D eigenvalue weighted by Gasteiger charge is -2.26. The number of amides is 1. The smallest absolute Gasteiger partial charge is 0.289 e. The first-order valence-corrected chi connectivity index (χ1v) is 12.4. The molecule has 0 aliphatic carbocycles. The van der Waals surface area contributed by atoms with E-state index in [1.165, 1.54) is 18.4 Å². The van der Waals surface area contributed by atoms with E-state index in [2.05, 4.69) is 0 Å². The molecule has 4 rings (SSSR count). The maximum atomic E-state index is 13.7. The third-order valence-electron chi connectivity index (χ3n) is 6.17. The van der Waals surface area contributed by atoms with E-state index < -0.39 is 0 Å². The summed E-state index contributed by atoms with van der Waals surface area (Å²) in [6.07, 6.45) is 2.22. The highest BCUT2D eigenvalue weighted by Crippen LogP contribution is 2.31. The first-order chi connectivity index (χ1) is 17.9. The molecular weight excluding hydrogens is 469 g/mol. The number of benzene rings is 3. The van der Waals surface area contributed by atoms with Crippen molar-refractivity contribution < 1.29 is 23.1 Å². The Balaban J connectivity index is 1.59. The number of halogens is 1. The van der Waals surface area contributed by atoms with Gasteiger partial charge in [0, 0.05) is 19.0 Å². The molecular formula is C31H32FNO4. The van der Waals surface area contributed by atoms with Crippen LogP contribution >= 0.6 is 0 Å². The fraction of sp³-hybridized carbons (Fsp3) is 0.258. The molecule has 192 valence electrons. The van der Waals surface area contributed by atoms with E-state index in [0.29, 0.717) is 25.3 Å². The SMILES string of the molecule is COc1ccc(CN(CC[C@H](c2ccc(F)cc2)c2ccc(OC(C)C)cc2)C(=O)c2ccco2)cc1. The standard InChI is InChI=1S/C31H32FNO4/c1-22(2)37-28-16-10-25(11-17-28)29(24-8-12-26(32)13-9-24)18-19-33(31(34)30-5-4-20-36-30)21-23-6-14-27(35-3)15-7-23/h4-17,20,22,29H,18-19,21H2,1-3H3/t29-/m1/s1. The molecule has 1 atom stereocenters. The lowest BCUT2D eigenvalue weighted by atomic mass is 9.88. The average molecular weight is 502 g/mol. The van der Waals surface area contributed by atoms with Gasteiger partial charge in [0.2, 0.25) is 0 Å². The molecule has 0 saturated carbocycles. The minimum Gasteiger partial charge on any atom is -0.497 e. The summed E-state index contributed by atoms with van der Waals surface area (Å²) in [5.74, 6) is 1.34. The van der Waals surface area contributed by atoms with Gasteiger partial charge in [-0.3, -0.25) is 4.79 Å². The highest BCUT2D eigenvalue weighted by molar-refractivity contribution is 5.91. The van der Waals surface area contributed by atoms with Crippen molar-refractivity contribution in [2.24, 2.45) is 0 Å². The van der Waals surface area contributed by atoms with Crippen LogP contribution in [-0.2, 0) is 6.54 Å². The topological polar surface area (TPSA) is 51.9 Å². The summed E-state index contributed by atoms with van der Waals surface area (Å²) in [5, 5.41) is 0. The van der Waals surface area contributed by atoms with Crippen molar-refractivity contribution in [2.75, 3.05) is 13.7 Å². The van der Waals surface area contributed by atoms with E-state index in [1.807, 2.05) is 62.4 Å². The number of carbonyl (C=O) groups is 1. The quantitative estimate of drug-likeness (QED) is 0.220. The first kappa shape index (κ1) is 26.0. The molecule has 3 aromatic carbocycles. The van der Waals surface area contributed by atoms with E-state index in [0.717, 1.165) is 28.2 Å². The zero-order valence-electron chi connectivity index (χ0n) is 21.4. The number of ether oxygens (including phenoxy) is 2. The zero-order valence-corrected chi connectivity index (χ0v) is 21.4. The maximum Gasteiger partial charge on any atom is 0.289 e. The van der Waals surface area contributed by atoms with Crippen LogP contribution in [0.15, 0.2) is 95.6 Å². The molecule has 1 aromatic heterocycles. The van der Waals surface area contributed by atoms with Crippen LogP contribution in [0.3, 0.4) is 0 Å². The predicted molar refractivity (Wildman–Crippen MR) is 142 cm³/mol. The number of hydrogen-bond donors (Lipinski definition) is 0. The van der Waals surface area contributed by atoms with Gasteiger partial charge < -0.3 is 18.8 Å². The fourth-order valence-electron chi connectivity index (χ4n) is 4.32. The van der Waals surface area contributed by atoms with Crippen molar-refractivity contribution >= 4 is 5.91 Å². The molecule has 0 bridgehead atoms. The predicted octanol–water partition coefficient (Wildman–Crippen LogP) is 7.08. The summed E-state index contributed by atoms with van der Waals surface area (Å²) >= 11 is 0. The van der Waals surface area contributed by atoms with Crippen LogP contribution in [0.2, 0.25) is 0 Å². The molecule has 0 N–H and O–H groups in total. The summed E-state index contributed by atoms with van der Waals surface area (Å²) in [6, 6.07) is 25.6. The fourth-order valence-corrected chi connectivity index (χ4v) is 4.32. The van der Waals surface area contributed by atoms with Crippen molar-refractivity contribution in [2.45, 2.75) is 38.8 Å². The van der Waals surface area contributed by atoms with E-state index >= 15 is 0 Å². The second-order valence-electron chi connectivity index (χ2n) is 9.18. The van der Waals surface area contributed by atoms with E-state index in [4.69, 9.17) is 13.9 Å². The second kappa shape index (κ2) is 12.3. The van der Waals surface area contributed by atoms with Crippen molar-refractivity contribution in [3.63, 3.8) is 0 Å². The van der Waals surface area contributed by atoms with Gasteiger partial charge in [-0.15, -0.1) is 0 Å². The van der Waals surface area contributed by atoms with Crippen molar-refractivity contribution in [1.29, 1.82) is 0 Å². The third-order valence-corrected chi connectivity index (χ3v) is 6.17. The van der Waals surface area contributed by atoms with Crippen LogP contribution in [0, 0.1) is 5.82 Å². The van der Waals surface area contributed by atoms with Gasteiger partial charge in [-0.1, -0.05) is 36.4 Å². The molecule has 6 heteroatoms. The largest absolute Gasteiger partial charge is 0.497 e. The average Bonchev–Trinajstić information content (AvgIpc) is 3.45. The van der Waals surface area contributed by atoms with Crippen molar-refractivity contribution in [3.05, 3.63) is 119 Å². The van der Waals surface area contributed by atoms with Gasteiger partial charge >= 0.3 is 0 Å². The Morgan fingerprint density at radius 2 is 1.51 bits per heavy atom. The zero-order chi connectivity index (χ0) is 26.2. The van der Waals surface area contributed by atoms with Crippen molar-refractivity contribution in [3.8, 4) is 11.5 Å². The number of hydrogen-bond acceptors (Lipinski definition) is 4. The van der Waals surface area contributed by atoms with Gasteiger partial charge in [-0.25, -0.2) is 4.39 Å². The third kappa shape index (κ3) is 7.00. The normalized spacial score (nSPS) is 11.8. The number of rotatable bonds is 11. The molecule has 0 unspecified atom stereocenters. The Kier molecular flexibility index (Phi) is 8.62. The minimum absolute atomic E-state index is 0.0449. The summed E-state index contributed by atoms with van der Waals surface area (Å²) in [6.45, 7) is 4.87. The van der Waals surface area contributed by atoms with Gasteiger partial charge in [0.15, 0.2) is 5.76 Å². The van der Waals surface area contributed by atoms with E-state index in [-0.39, 0.29) is 23.7 Å². The van der Waals surface area contributed by atoms with Crippen LogP contribution in [0.25, 0.3) is 0 Å². The first-order valence-electron chi connectivity index (χ1n) is 12.4. The lowest BCUT2D eigenvalue weighted by Crippen LogP contribution is -2.32. The van der Waals surface area contributed by atoms with E-state index in [9.17, 15) is 9.18 Å². The number of methoxy groups -OCH3 is 1. The Bertz CT molecular complexity index is 1250. The van der Waals surface area contributed by atoms with E-state index in [1.54, 1.807) is 36.3 Å². The molecule has 37 heavy (non-hydrogen) atoms. The van der Waals surface area contributed by atoms with Crippen molar-refractivity contribution in [1.82, 2.24) is 4.90 Å². The van der Waals surface area contributed by atoms with Gasteiger partial charge in [0.05, 0.1) is 19.5 Å². The molecule has 1 amide bonds. The number of carbonyl (C=O) groups excluding carboxylic acids is 1. The summed E-state index contributed by atoms with van der Waals surface area (Å²) in [4.78, 5) is 15.1. The molecule has 0 saturated heterocycles. The van der Waals surface area contributed by atoms with Gasteiger partial charge in [0.1, 0.15) is 17.3 Å². The van der Waals surface area contributed by atoms with Crippen LogP contribution in [0.5, 0.6) is 11.5 Å². The molecule has 0 aliphatic heterocycles. The highest BCUT2D eigenvalue weighted by atomic mass is 19.1. The highest BCUT2D eigenvalue weighted by Gasteiger charge is 2.22. The summed E-state index contributed by atoms with van der Waals surface area (Å²) in [7, 11) is 1.62. The van der Waals surface area contributed by atoms with Crippen LogP contribution in [0.4, 0.5) is 4.39 Å². The summed E-state index contributed by atoms with van der Waals surface area (Å²) < 4.78 is 30.2. The van der Waals surface area contributed by atoms with Gasteiger partial charge in [0.25, 0.3) is 5.91 Å². The molecule has 0 fully saturated rings. The lowest BCUT2D eigenvalue weighted by molar-refractivity contribution is 0.0707. The Morgan fingerprint density at radius 1 is 0.892 bits per heavy atom. The Labute approximate surface area is 217 Å². The molecule has 0 aliphatic rings. The van der Waals surface area contributed by atoms with Gasteiger partial charge in [-0.05, 0) is 85.5 Å². The molecule has 0 radical (unpaired) electrons. The Morgan fingerprint density at radius 3 is 2.08 bits per heavy atom. The molecule has 5 nitrogen and oxygen atoms in total. The second-order valence-corrected chi connectivity index (χ2v) is 9.18. The monoisotopic (exact) mass is 501 g/mol. The maximum absolute atomic E-state index is 13.7.